The normalized spacial score (nSPS) is 25.0. The van der Waals surface area contributed by atoms with Gasteiger partial charge in [0.2, 0.25) is 0 Å². The van der Waals surface area contributed by atoms with Crippen LogP contribution in [0.5, 0.6) is 5.75 Å². The fraction of sp³-hybridized carbons (Fsp3) is 0.235. The molecule has 0 saturated heterocycles. The Morgan fingerprint density at radius 1 is 1.23 bits per heavy atom. The van der Waals surface area contributed by atoms with Crippen LogP contribution in [0.4, 0.5) is 13.2 Å². The van der Waals surface area contributed by atoms with E-state index in [4.69, 9.17) is 11.6 Å². The number of alkyl halides is 4. The van der Waals surface area contributed by atoms with E-state index < -0.39 is 16.9 Å². The topological polar surface area (TPSA) is 47.3 Å². The minimum atomic E-state index is -3.08. The van der Waals surface area contributed by atoms with Crippen molar-refractivity contribution >= 4 is 38.6 Å². The van der Waals surface area contributed by atoms with Crippen molar-refractivity contribution in [3.05, 3.63) is 58.9 Å². The molecule has 4 nitrogen and oxygen atoms in total. The highest BCUT2D eigenvalue weighted by Gasteiger charge is 2.60. The molecule has 1 aromatic heterocycles. The lowest BCUT2D eigenvalue weighted by atomic mass is 9.94. The largest absolute Gasteiger partial charge is 0.433 e. The van der Waals surface area contributed by atoms with Crippen LogP contribution in [0.1, 0.15) is 11.4 Å². The summed E-state index contributed by atoms with van der Waals surface area (Å²) < 4.78 is 44.5. The molecule has 0 bridgehead atoms. The van der Waals surface area contributed by atoms with Gasteiger partial charge in [0.1, 0.15) is 15.9 Å². The molecule has 0 fully saturated rings. The first kappa shape index (κ1) is 17.6. The Hall–Kier alpha value is -1.77. The lowest BCUT2D eigenvalue weighted by molar-refractivity contribution is -0.174. The molecule has 0 amide bonds. The number of hydrogen-bond acceptors (Lipinski definition) is 3. The van der Waals surface area contributed by atoms with Crippen molar-refractivity contribution in [3.8, 4) is 5.75 Å². The molecule has 2 atom stereocenters. The number of rotatable bonds is 3. The summed E-state index contributed by atoms with van der Waals surface area (Å²) in [5.41, 5.74) is 1.02. The highest BCUT2D eigenvalue weighted by Crippen LogP contribution is 2.56. The van der Waals surface area contributed by atoms with E-state index in [9.17, 15) is 13.9 Å². The predicted octanol–water partition coefficient (Wildman–Crippen LogP) is 4.71. The van der Waals surface area contributed by atoms with Gasteiger partial charge in [-0.2, -0.15) is 13.2 Å². The summed E-state index contributed by atoms with van der Waals surface area (Å²) in [6.45, 7) is -3.08. The van der Waals surface area contributed by atoms with Gasteiger partial charge < -0.3 is 9.84 Å². The number of hydrogen-bond donors (Lipinski definition) is 1. The van der Waals surface area contributed by atoms with Crippen molar-refractivity contribution in [3.63, 3.8) is 0 Å². The number of imidazole rings is 1. The first-order chi connectivity index (χ1) is 12.3. The first-order valence-corrected chi connectivity index (χ1v) is 8.73. The number of aromatic nitrogens is 2. The Balaban J connectivity index is 1.88. The maximum Gasteiger partial charge on any atom is 0.387 e. The summed E-state index contributed by atoms with van der Waals surface area (Å²) in [7, 11) is 0. The number of aliphatic hydroxyl groups is 1. The lowest BCUT2D eigenvalue weighted by Gasteiger charge is -2.33. The maximum atomic E-state index is 15.7. The molecule has 0 aliphatic carbocycles. The maximum absolute atomic E-state index is 15.7. The van der Waals surface area contributed by atoms with E-state index in [-0.39, 0.29) is 22.8 Å². The quantitative estimate of drug-likeness (QED) is 0.592. The van der Waals surface area contributed by atoms with Crippen LogP contribution in [0, 0.1) is 0 Å². The molecule has 3 aromatic rings. The predicted molar refractivity (Wildman–Crippen MR) is 93.4 cm³/mol. The van der Waals surface area contributed by atoms with Gasteiger partial charge in [0.05, 0.1) is 16.1 Å². The van der Waals surface area contributed by atoms with Crippen LogP contribution >= 0.6 is 27.5 Å². The minimum Gasteiger partial charge on any atom is -0.433 e. The molecule has 4 rings (SSSR count). The van der Waals surface area contributed by atoms with Crippen molar-refractivity contribution in [1.82, 2.24) is 9.55 Å². The van der Waals surface area contributed by atoms with Gasteiger partial charge in [-0.3, -0.25) is 4.57 Å². The van der Waals surface area contributed by atoms with Crippen LogP contribution in [0.15, 0.2) is 42.5 Å². The zero-order chi connectivity index (χ0) is 18.7. The van der Waals surface area contributed by atoms with E-state index in [1.54, 1.807) is 24.3 Å². The van der Waals surface area contributed by atoms with E-state index in [0.29, 0.717) is 16.9 Å². The first-order valence-electron chi connectivity index (χ1n) is 7.56. The van der Waals surface area contributed by atoms with Crippen molar-refractivity contribution < 1.29 is 23.0 Å². The van der Waals surface area contributed by atoms with Gasteiger partial charge >= 0.3 is 12.6 Å². The van der Waals surface area contributed by atoms with E-state index in [0.717, 1.165) is 4.57 Å². The van der Waals surface area contributed by atoms with Gasteiger partial charge in [0.15, 0.2) is 0 Å². The number of ether oxygens (including phenoxy) is 1. The van der Waals surface area contributed by atoms with Gasteiger partial charge in [-0.15, -0.1) is 0 Å². The Morgan fingerprint density at radius 3 is 2.69 bits per heavy atom. The van der Waals surface area contributed by atoms with Crippen LogP contribution in [0.3, 0.4) is 0 Å². The van der Waals surface area contributed by atoms with Crippen LogP contribution < -0.4 is 4.74 Å². The van der Waals surface area contributed by atoms with Crippen LogP contribution in [-0.2, 0) is 16.7 Å². The molecular weight excluding hydrogens is 437 g/mol. The molecule has 0 radical (unpaired) electrons. The SMILES string of the molecule is O[C@]1(F)n2c(nc3ccccc32)CC1(Br)c1cccc(OC(F)F)c1Cl. The van der Waals surface area contributed by atoms with Gasteiger partial charge in [0, 0.05) is 6.42 Å². The molecule has 26 heavy (non-hydrogen) atoms. The van der Waals surface area contributed by atoms with Crippen molar-refractivity contribution in [2.24, 2.45) is 0 Å². The molecule has 0 saturated carbocycles. The van der Waals surface area contributed by atoms with Gasteiger partial charge in [-0.25, -0.2) is 4.98 Å². The molecule has 136 valence electrons. The van der Waals surface area contributed by atoms with Crippen LogP contribution in [0.2, 0.25) is 5.02 Å². The molecular formula is C17H11BrClF3N2O2. The molecule has 9 heteroatoms. The summed E-state index contributed by atoms with van der Waals surface area (Å²) in [4.78, 5) is 4.35. The Bertz CT molecular complexity index is 1010. The summed E-state index contributed by atoms with van der Waals surface area (Å²) in [5.74, 6) is -2.95. The van der Waals surface area contributed by atoms with Gasteiger partial charge in [-0.05, 0) is 23.8 Å². The molecule has 0 spiro atoms. The highest BCUT2D eigenvalue weighted by molar-refractivity contribution is 9.09. The Labute approximate surface area is 159 Å². The second-order valence-electron chi connectivity index (χ2n) is 5.91. The van der Waals surface area contributed by atoms with Crippen LogP contribution in [0.25, 0.3) is 11.0 Å². The fourth-order valence-electron chi connectivity index (χ4n) is 3.30. The van der Waals surface area contributed by atoms with Crippen molar-refractivity contribution in [2.45, 2.75) is 23.3 Å². The molecule has 2 heterocycles. The number of fused-ring (bicyclic) bond motifs is 3. The zero-order valence-corrected chi connectivity index (χ0v) is 15.3. The third kappa shape index (κ3) is 2.35. The standard InChI is InChI=1S/C17H11BrClF3N2O2/c18-16(9-4-3-7-12(14(9)19)26-15(20)21)8-13-23-10-5-1-2-6-11(10)24(13)17(16,22)25/h1-7,15,25H,8H2/t16?,17-/m1/s1. The van der Waals surface area contributed by atoms with Gasteiger partial charge in [-0.1, -0.05) is 51.8 Å². The monoisotopic (exact) mass is 446 g/mol. The summed E-state index contributed by atoms with van der Waals surface area (Å²) >= 11 is 9.44. The second kappa shape index (κ2) is 5.87. The molecule has 1 unspecified atom stereocenters. The third-order valence-corrected chi connectivity index (χ3v) is 6.04. The lowest BCUT2D eigenvalue weighted by Crippen LogP contribution is -2.42. The second-order valence-corrected chi connectivity index (χ2v) is 7.65. The third-order valence-electron chi connectivity index (χ3n) is 4.44. The summed E-state index contributed by atoms with van der Waals surface area (Å²) in [6, 6.07) is 10.9. The molecule has 1 N–H and O–H groups in total. The van der Waals surface area contributed by atoms with Crippen molar-refractivity contribution in [2.75, 3.05) is 0 Å². The molecule has 1 aliphatic rings. The average Bonchev–Trinajstić information content (AvgIpc) is 3.02. The average molecular weight is 448 g/mol. The van der Waals surface area contributed by atoms with Crippen LogP contribution in [-0.4, -0.2) is 21.3 Å². The van der Waals surface area contributed by atoms with E-state index >= 15 is 4.39 Å². The van der Waals surface area contributed by atoms with E-state index in [1.807, 2.05) is 0 Å². The zero-order valence-electron chi connectivity index (χ0n) is 13.0. The number of halogens is 5. The molecule has 2 aromatic carbocycles. The number of nitrogens with zero attached hydrogens (tertiary/aromatic N) is 2. The summed E-state index contributed by atoms with van der Waals surface area (Å²) in [6.07, 6.45) is -0.0491. The minimum absolute atomic E-state index is 0.0491. The summed E-state index contributed by atoms with van der Waals surface area (Å²) in [5, 5.41) is 10.6. The molecule has 1 aliphatic heterocycles. The van der Waals surface area contributed by atoms with Gasteiger partial charge in [0.25, 0.3) is 0 Å². The fourth-order valence-corrected chi connectivity index (χ4v) is 4.51. The van der Waals surface area contributed by atoms with Crippen molar-refractivity contribution in [1.29, 1.82) is 0 Å². The highest BCUT2D eigenvalue weighted by atomic mass is 79.9. The Kier molecular flexibility index (Phi) is 3.98. The Morgan fingerprint density at radius 2 is 1.96 bits per heavy atom. The number of benzene rings is 2. The van der Waals surface area contributed by atoms with E-state index in [1.165, 1.54) is 18.2 Å². The number of para-hydroxylation sites is 2. The smallest absolute Gasteiger partial charge is 0.387 e. The van der Waals surface area contributed by atoms with E-state index in [2.05, 4.69) is 25.7 Å².